The molecule has 1 aromatic rings. The maximum absolute atomic E-state index is 11.5. The Bertz CT molecular complexity index is 960. The summed E-state index contributed by atoms with van der Waals surface area (Å²) in [4.78, 5) is 22.8. The van der Waals surface area contributed by atoms with Gasteiger partial charge in [-0.2, -0.15) is 0 Å². The summed E-state index contributed by atoms with van der Waals surface area (Å²) < 4.78 is 22.5. The lowest BCUT2D eigenvalue weighted by Gasteiger charge is -2.18. The topological polar surface area (TPSA) is 71.1 Å². The quantitative estimate of drug-likeness (QED) is 0.191. The van der Waals surface area contributed by atoms with Gasteiger partial charge < -0.3 is 18.9 Å². The average molecular weight is 495 g/mol. The van der Waals surface area contributed by atoms with Gasteiger partial charge in [-0.25, -0.2) is 4.79 Å². The van der Waals surface area contributed by atoms with Gasteiger partial charge >= 0.3 is 11.9 Å². The smallest absolute Gasteiger partial charge is 0.333 e. The predicted molar refractivity (Wildman–Crippen MR) is 138 cm³/mol. The van der Waals surface area contributed by atoms with Crippen molar-refractivity contribution in [2.45, 2.75) is 83.0 Å². The van der Waals surface area contributed by atoms with Crippen LogP contribution in [-0.4, -0.2) is 43.5 Å². The van der Waals surface area contributed by atoms with Crippen LogP contribution in [0.15, 0.2) is 54.6 Å². The number of allylic oxidation sites excluding steroid dienone is 2. The van der Waals surface area contributed by atoms with Crippen molar-refractivity contribution < 1.29 is 28.5 Å². The number of carbonyl (C=O) groups excluding carboxylic acids is 2. The highest BCUT2D eigenvalue weighted by molar-refractivity contribution is 5.89. The molecule has 2 fully saturated rings. The molecule has 1 aromatic carbocycles. The predicted octanol–water partition coefficient (Wildman–Crippen LogP) is 5.96. The minimum absolute atomic E-state index is 0.00407. The van der Waals surface area contributed by atoms with E-state index in [1.165, 1.54) is 11.1 Å². The zero-order valence-corrected chi connectivity index (χ0v) is 21.3. The number of esters is 2. The number of benzene rings is 1. The van der Waals surface area contributed by atoms with Gasteiger partial charge in [0.1, 0.15) is 18.0 Å². The first-order chi connectivity index (χ1) is 17.5. The molecule has 0 N–H and O–H groups in total. The number of ether oxygens (including phenoxy) is 4. The van der Waals surface area contributed by atoms with Gasteiger partial charge in [0.15, 0.2) is 0 Å². The summed E-state index contributed by atoms with van der Waals surface area (Å²) in [6, 6.07) is 8.22. The average Bonchev–Trinajstić information content (AvgIpc) is 3.38. The zero-order valence-electron chi connectivity index (χ0n) is 21.3. The Kier molecular flexibility index (Phi) is 9.40. The van der Waals surface area contributed by atoms with Crippen molar-refractivity contribution in [3.8, 4) is 5.75 Å². The Balaban J connectivity index is 1.07. The summed E-state index contributed by atoms with van der Waals surface area (Å²) in [5.74, 6) is 0.610. The van der Waals surface area contributed by atoms with Crippen molar-refractivity contribution in [1.29, 1.82) is 0 Å². The highest BCUT2D eigenvalue weighted by Crippen LogP contribution is 2.27. The standard InChI is InChI=1S/C30H38O6/c1-21-19-27(35-29(21)31)7-3-5-17-33-25-13-9-23(10-14-25)24-11-15-26(16-12-24)34-18-6-4-8-28-20-22(2)30(32)36-28/h9-13,15-16,22,25,27-28H,1,3-8,14,17-20H2,2H3. The number of hydrogen-bond acceptors (Lipinski definition) is 6. The van der Waals surface area contributed by atoms with Gasteiger partial charge in [0.05, 0.1) is 18.6 Å². The van der Waals surface area contributed by atoms with Gasteiger partial charge in [-0.15, -0.1) is 0 Å². The van der Waals surface area contributed by atoms with Crippen LogP contribution in [0.1, 0.15) is 70.3 Å². The van der Waals surface area contributed by atoms with E-state index in [1.807, 2.05) is 19.1 Å². The molecule has 0 bridgehead atoms. The Morgan fingerprint density at radius 2 is 1.72 bits per heavy atom. The van der Waals surface area contributed by atoms with E-state index in [4.69, 9.17) is 18.9 Å². The van der Waals surface area contributed by atoms with E-state index in [-0.39, 0.29) is 36.2 Å². The molecule has 0 spiro atoms. The van der Waals surface area contributed by atoms with Crippen LogP contribution < -0.4 is 4.74 Å². The van der Waals surface area contributed by atoms with Crippen LogP contribution in [0, 0.1) is 5.92 Å². The summed E-state index contributed by atoms with van der Waals surface area (Å²) in [5, 5.41) is 0. The highest BCUT2D eigenvalue weighted by Gasteiger charge is 2.30. The van der Waals surface area contributed by atoms with Gasteiger partial charge in [-0.1, -0.05) is 43.9 Å². The first kappa shape index (κ1) is 26.2. The van der Waals surface area contributed by atoms with Crippen molar-refractivity contribution in [3.63, 3.8) is 0 Å². The van der Waals surface area contributed by atoms with E-state index in [0.29, 0.717) is 25.2 Å². The van der Waals surface area contributed by atoms with Crippen LogP contribution in [0.2, 0.25) is 0 Å². The van der Waals surface area contributed by atoms with Gasteiger partial charge in [0.25, 0.3) is 0 Å². The summed E-state index contributed by atoms with van der Waals surface area (Å²) >= 11 is 0. The van der Waals surface area contributed by atoms with Crippen molar-refractivity contribution in [3.05, 3.63) is 60.2 Å². The Hall–Kier alpha value is -2.86. The molecule has 6 nitrogen and oxygen atoms in total. The summed E-state index contributed by atoms with van der Waals surface area (Å²) in [7, 11) is 0. The molecule has 0 radical (unpaired) electrons. The molecule has 4 unspecified atom stereocenters. The Labute approximate surface area is 214 Å². The third-order valence-corrected chi connectivity index (χ3v) is 7.03. The molecular weight excluding hydrogens is 456 g/mol. The third-order valence-electron chi connectivity index (χ3n) is 7.03. The molecule has 6 heteroatoms. The fourth-order valence-corrected chi connectivity index (χ4v) is 4.85. The normalized spacial score (nSPS) is 25.6. The largest absolute Gasteiger partial charge is 0.494 e. The fourth-order valence-electron chi connectivity index (χ4n) is 4.85. The summed E-state index contributed by atoms with van der Waals surface area (Å²) in [6.07, 6.45) is 14.7. The second-order valence-corrected chi connectivity index (χ2v) is 10.1. The Morgan fingerprint density at radius 1 is 0.972 bits per heavy atom. The molecule has 194 valence electrons. The zero-order chi connectivity index (χ0) is 25.3. The molecule has 4 atom stereocenters. The maximum atomic E-state index is 11.5. The molecule has 2 heterocycles. The van der Waals surface area contributed by atoms with Crippen LogP contribution in [0.3, 0.4) is 0 Å². The molecule has 3 aliphatic rings. The molecule has 2 aliphatic heterocycles. The lowest BCUT2D eigenvalue weighted by Crippen LogP contribution is -2.13. The van der Waals surface area contributed by atoms with Crippen molar-refractivity contribution in [2.24, 2.45) is 5.92 Å². The number of unbranched alkanes of at least 4 members (excludes halogenated alkanes) is 2. The van der Waals surface area contributed by atoms with Crippen LogP contribution >= 0.6 is 0 Å². The van der Waals surface area contributed by atoms with Crippen LogP contribution in [0.5, 0.6) is 5.75 Å². The SMILES string of the molecule is C=C1CC(CCCCOC2C=CC(c3ccc(OCCCCC4CC(C)C(=O)O4)cc3)=CC2)OC1=O. The molecule has 1 aliphatic carbocycles. The second-order valence-electron chi connectivity index (χ2n) is 10.1. The van der Waals surface area contributed by atoms with Gasteiger partial charge in [-0.05, 0) is 74.6 Å². The van der Waals surface area contributed by atoms with Gasteiger partial charge in [-0.3, -0.25) is 4.79 Å². The molecule has 0 aromatic heterocycles. The minimum Gasteiger partial charge on any atom is -0.494 e. The van der Waals surface area contributed by atoms with Crippen molar-refractivity contribution >= 4 is 17.5 Å². The molecule has 2 saturated heterocycles. The third kappa shape index (κ3) is 7.57. The van der Waals surface area contributed by atoms with Crippen molar-refractivity contribution in [2.75, 3.05) is 13.2 Å². The second kappa shape index (κ2) is 12.9. The van der Waals surface area contributed by atoms with E-state index in [9.17, 15) is 9.59 Å². The molecule has 36 heavy (non-hydrogen) atoms. The number of cyclic esters (lactones) is 2. The first-order valence-electron chi connectivity index (χ1n) is 13.3. The van der Waals surface area contributed by atoms with Crippen molar-refractivity contribution in [1.82, 2.24) is 0 Å². The highest BCUT2D eigenvalue weighted by atomic mass is 16.6. The van der Waals surface area contributed by atoms with Crippen LogP contribution in [0.4, 0.5) is 0 Å². The first-order valence-corrected chi connectivity index (χ1v) is 13.3. The number of hydrogen-bond donors (Lipinski definition) is 0. The van der Waals surface area contributed by atoms with E-state index < -0.39 is 0 Å². The molecule has 0 amide bonds. The monoisotopic (exact) mass is 494 g/mol. The number of carbonyl (C=O) groups is 2. The van der Waals surface area contributed by atoms with Crippen LogP contribution in [0.25, 0.3) is 5.57 Å². The van der Waals surface area contributed by atoms with E-state index in [2.05, 4.69) is 36.9 Å². The van der Waals surface area contributed by atoms with E-state index >= 15 is 0 Å². The summed E-state index contributed by atoms with van der Waals surface area (Å²) in [6.45, 7) is 7.03. The summed E-state index contributed by atoms with van der Waals surface area (Å²) in [5.41, 5.74) is 2.95. The Morgan fingerprint density at radius 3 is 2.36 bits per heavy atom. The lowest BCUT2D eigenvalue weighted by molar-refractivity contribution is -0.144. The molecule has 4 rings (SSSR count). The minimum atomic E-state index is -0.246. The van der Waals surface area contributed by atoms with E-state index in [0.717, 1.165) is 57.1 Å². The maximum Gasteiger partial charge on any atom is 0.333 e. The van der Waals surface area contributed by atoms with E-state index in [1.54, 1.807) is 0 Å². The van der Waals surface area contributed by atoms with Gasteiger partial charge in [0.2, 0.25) is 0 Å². The fraction of sp³-hybridized carbons (Fsp3) is 0.533. The van der Waals surface area contributed by atoms with Crippen LogP contribution in [-0.2, 0) is 23.8 Å². The molecule has 0 saturated carbocycles. The number of rotatable bonds is 13. The van der Waals surface area contributed by atoms with Gasteiger partial charge in [0, 0.05) is 18.6 Å². The lowest BCUT2D eigenvalue weighted by atomic mass is 9.98. The molecular formula is C30H38O6.